The van der Waals surface area contributed by atoms with Gasteiger partial charge in [-0.3, -0.25) is 9.59 Å². The van der Waals surface area contributed by atoms with Gasteiger partial charge < -0.3 is 16.0 Å². The van der Waals surface area contributed by atoms with Gasteiger partial charge in [-0.05, 0) is 12.5 Å². The van der Waals surface area contributed by atoms with Crippen LogP contribution in [0.15, 0.2) is 18.5 Å². The van der Waals surface area contributed by atoms with E-state index in [2.05, 4.69) is 15.4 Å². The standard InChI is InChI=1S/C14H15N7O2/c15-4-2-10(22)20-7-3-9(8-20)18-14(23)11-12(16)19-21-6-1-5-17-13(11)21/h1,5-6,9H,2-3,7-8H2,(H2,16,19)(H,18,23). The lowest BCUT2D eigenvalue weighted by atomic mass is 10.2. The summed E-state index contributed by atoms with van der Waals surface area (Å²) in [4.78, 5) is 29.8. The number of rotatable bonds is 3. The zero-order chi connectivity index (χ0) is 16.4. The van der Waals surface area contributed by atoms with Crippen LogP contribution in [0.25, 0.3) is 5.65 Å². The van der Waals surface area contributed by atoms with Crippen LogP contribution in [0.5, 0.6) is 0 Å². The molecule has 9 heteroatoms. The van der Waals surface area contributed by atoms with E-state index in [1.54, 1.807) is 23.4 Å². The van der Waals surface area contributed by atoms with Gasteiger partial charge in [-0.2, -0.15) is 5.26 Å². The molecule has 1 saturated heterocycles. The summed E-state index contributed by atoms with van der Waals surface area (Å²) in [6, 6.07) is 3.35. The van der Waals surface area contributed by atoms with Crippen molar-refractivity contribution in [1.82, 2.24) is 24.8 Å². The molecule has 3 rings (SSSR count). The van der Waals surface area contributed by atoms with Gasteiger partial charge in [0.05, 0.1) is 6.07 Å². The van der Waals surface area contributed by atoms with Crippen molar-refractivity contribution in [2.24, 2.45) is 0 Å². The van der Waals surface area contributed by atoms with E-state index in [0.29, 0.717) is 25.2 Å². The van der Waals surface area contributed by atoms with Gasteiger partial charge in [0.1, 0.15) is 12.0 Å². The molecule has 1 unspecified atom stereocenters. The van der Waals surface area contributed by atoms with Crippen molar-refractivity contribution < 1.29 is 9.59 Å². The molecule has 118 valence electrons. The number of fused-ring (bicyclic) bond motifs is 1. The average Bonchev–Trinajstić information content (AvgIpc) is 3.10. The molecule has 1 aliphatic heterocycles. The quantitative estimate of drug-likeness (QED) is 0.790. The van der Waals surface area contributed by atoms with Crippen molar-refractivity contribution in [2.75, 3.05) is 18.8 Å². The first-order valence-corrected chi connectivity index (χ1v) is 7.14. The molecule has 0 aliphatic carbocycles. The third-order valence-corrected chi connectivity index (χ3v) is 3.76. The number of nitrogens with two attached hydrogens (primary N) is 1. The van der Waals surface area contributed by atoms with E-state index < -0.39 is 0 Å². The molecule has 23 heavy (non-hydrogen) atoms. The van der Waals surface area contributed by atoms with E-state index in [1.807, 2.05) is 6.07 Å². The lowest BCUT2D eigenvalue weighted by Gasteiger charge is -2.15. The number of aromatic nitrogens is 3. The number of amides is 2. The first kappa shape index (κ1) is 14.8. The molecule has 0 bridgehead atoms. The zero-order valence-electron chi connectivity index (χ0n) is 12.3. The SMILES string of the molecule is N#CCC(=O)N1CCC(NC(=O)c2c(N)nn3cccnc23)C1. The molecule has 2 aromatic heterocycles. The second-order valence-corrected chi connectivity index (χ2v) is 5.28. The van der Waals surface area contributed by atoms with Gasteiger partial charge in [-0.15, -0.1) is 5.10 Å². The van der Waals surface area contributed by atoms with Gasteiger partial charge in [0.25, 0.3) is 5.91 Å². The molecule has 0 saturated carbocycles. The maximum Gasteiger partial charge on any atom is 0.259 e. The minimum atomic E-state index is -0.365. The van der Waals surface area contributed by atoms with Crippen LogP contribution >= 0.6 is 0 Å². The summed E-state index contributed by atoms with van der Waals surface area (Å²) in [5, 5.41) is 15.5. The number of nitrogens with one attached hydrogen (secondary N) is 1. The van der Waals surface area contributed by atoms with Crippen LogP contribution in [0.2, 0.25) is 0 Å². The van der Waals surface area contributed by atoms with Gasteiger partial charge >= 0.3 is 0 Å². The Labute approximate surface area is 131 Å². The molecule has 1 aliphatic rings. The fourth-order valence-corrected chi connectivity index (χ4v) is 2.66. The van der Waals surface area contributed by atoms with Crippen LogP contribution in [0.3, 0.4) is 0 Å². The average molecular weight is 313 g/mol. The molecule has 1 atom stereocenters. The lowest BCUT2D eigenvalue weighted by Crippen LogP contribution is -2.38. The topological polar surface area (TPSA) is 129 Å². The molecule has 0 radical (unpaired) electrons. The third-order valence-electron chi connectivity index (χ3n) is 3.76. The van der Waals surface area contributed by atoms with Crippen LogP contribution in [-0.2, 0) is 4.79 Å². The van der Waals surface area contributed by atoms with Crippen LogP contribution in [0.4, 0.5) is 5.82 Å². The Hall–Kier alpha value is -3.15. The number of hydrogen-bond donors (Lipinski definition) is 2. The minimum Gasteiger partial charge on any atom is -0.381 e. The van der Waals surface area contributed by atoms with E-state index in [9.17, 15) is 9.59 Å². The van der Waals surface area contributed by atoms with Crippen LogP contribution in [0, 0.1) is 11.3 Å². The fourth-order valence-electron chi connectivity index (χ4n) is 2.66. The highest BCUT2D eigenvalue weighted by Gasteiger charge is 2.29. The Morgan fingerprint density at radius 1 is 1.52 bits per heavy atom. The van der Waals surface area contributed by atoms with E-state index in [1.165, 1.54) is 4.52 Å². The van der Waals surface area contributed by atoms with Gasteiger partial charge in [0, 0.05) is 31.5 Å². The number of carbonyl (C=O) groups is 2. The molecule has 0 spiro atoms. The first-order valence-electron chi connectivity index (χ1n) is 7.14. The fraction of sp³-hybridized carbons (Fsp3) is 0.357. The Morgan fingerprint density at radius 2 is 2.35 bits per heavy atom. The third kappa shape index (κ3) is 2.78. The number of hydrogen-bond acceptors (Lipinski definition) is 6. The normalized spacial score (nSPS) is 17.2. The van der Waals surface area contributed by atoms with Crippen LogP contribution in [0.1, 0.15) is 23.2 Å². The van der Waals surface area contributed by atoms with Crippen molar-refractivity contribution in [1.29, 1.82) is 5.26 Å². The lowest BCUT2D eigenvalue weighted by molar-refractivity contribution is -0.129. The van der Waals surface area contributed by atoms with Crippen molar-refractivity contribution in [2.45, 2.75) is 18.9 Å². The second kappa shape index (κ2) is 5.92. The molecule has 3 N–H and O–H groups in total. The summed E-state index contributed by atoms with van der Waals surface area (Å²) in [5.74, 6) is -0.478. The summed E-state index contributed by atoms with van der Waals surface area (Å²) < 4.78 is 1.45. The highest BCUT2D eigenvalue weighted by molar-refractivity contribution is 6.04. The largest absolute Gasteiger partial charge is 0.381 e. The summed E-state index contributed by atoms with van der Waals surface area (Å²) in [6.45, 7) is 0.909. The van der Waals surface area contributed by atoms with E-state index in [4.69, 9.17) is 11.0 Å². The number of nitriles is 1. The molecular formula is C14H15N7O2. The maximum atomic E-state index is 12.5. The molecule has 0 aromatic carbocycles. The number of carbonyl (C=O) groups excluding carboxylic acids is 2. The first-order chi connectivity index (χ1) is 11.1. The van der Waals surface area contributed by atoms with E-state index >= 15 is 0 Å². The number of nitrogen functional groups attached to an aromatic ring is 1. The molecule has 9 nitrogen and oxygen atoms in total. The summed E-state index contributed by atoms with van der Waals surface area (Å²) >= 11 is 0. The van der Waals surface area contributed by atoms with Gasteiger partial charge in [-0.1, -0.05) is 0 Å². The molecule has 2 aromatic rings. The van der Waals surface area contributed by atoms with Gasteiger partial charge in [0.15, 0.2) is 11.5 Å². The smallest absolute Gasteiger partial charge is 0.259 e. The van der Waals surface area contributed by atoms with Crippen molar-refractivity contribution in [3.8, 4) is 6.07 Å². The monoisotopic (exact) mass is 313 g/mol. The van der Waals surface area contributed by atoms with Crippen LogP contribution < -0.4 is 11.1 Å². The van der Waals surface area contributed by atoms with Crippen molar-refractivity contribution in [3.63, 3.8) is 0 Å². The van der Waals surface area contributed by atoms with Gasteiger partial charge in [0.2, 0.25) is 5.91 Å². The van der Waals surface area contributed by atoms with Crippen molar-refractivity contribution >= 4 is 23.3 Å². The summed E-state index contributed by atoms with van der Waals surface area (Å²) in [7, 11) is 0. The predicted octanol–water partition coefficient (Wildman–Crippen LogP) is -0.444. The number of nitrogens with zero attached hydrogens (tertiary/aromatic N) is 5. The second-order valence-electron chi connectivity index (χ2n) is 5.28. The molecule has 2 amide bonds. The molecule has 1 fully saturated rings. The van der Waals surface area contributed by atoms with E-state index in [-0.39, 0.29) is 35.7 Å². The number of likely N-dealkylation sites (tertiary alicyclic amines) is 1. The zero-order valence-corrected chi connectivity index (χ0v) is 12.3. The summed E-state index contributed by atoms with van der Waals surface area (Å²) in [6.07, 6.45) is 3.71. The maximum absolute atomic E-state index is 12.5. The van der Waals surface area contributed by atoms with Crippen LogP contribution in [-0.4, -0.2) is 50.4 Å². The Balaban J connectivity index is 1.71. The Morgan fingerprint density at radius 3 is 3.13 bits per heavy atom. The van der Waals surface area contributed by atoms with Crippen molar-refractivity contribution in [3.05, 3.63) is 24.0 Å². The Bertz CT molecular complexity index is 807. The summed E-state index contributed by atoms with van der Waals surface area (Å²) in [5.41, 5.74) is 6.43. The Kier molecular flexibility index (Phi) is 3.80. The minimum absolute atomic E-state index is 0.108. The van der Waals surface area contributed by atoms with Gasteiger partial charge in [-0.25, -0.2) is 9.50 Å². The number of anilines is 1. The highest BCUT2D eigenvalue weighted by Crippen LogP contribution is 2.17. The molecule has 3 heterocycles. The predicted molar refractivity (Wildman–Crippen MR) is 80.1 cm³/mol. The molecular weight excluding hydrogens is 298 g/mol. The van der Waals surface area contributed by atoms with E-state index in [0.717, 1.165) is 0 Å². The highest BCUT2D eigenvalue weighted by atomic mass is 16.2.